The van der Waals surface area contributed by atoms with E-state index in [-0.39, 0.29) is 6.47 Å². The first-order valence-electron chi connectivity index (χ1n) is 4.49. The molecule has 0 aromatic heterocycles. The van der Waals surface area contributed by atoms with E-state index in [9.17, 15) is 18.0 Å². The SMILES string of the molecule is CC.CC(C)(OC=O)C(F)(F)F.CNC. The van der Waals surface area contributed by atoms with Gasteiger partial charge in [0.15, 0.2) is 0 Å². The lowest BCUT2D eigenvalue weighted by Gasteiger charge is -2.24. The van der Waals surface area contributed by atoms with Crippen LogP contribution in [0.25, 0.3) is 0 Å². The Balaban J connectivity index is -0.000000245. The Morgan fingerprint density at radius 1 is 1.13 bits per heavy atom. The highest BCUT2D eigenvalue weighted by molar-refractivity contribution is 5.38. The minimum atomic E-state index is -4.51. The zero-order valence-corrected chi connectivity index (χ0v) is 10.0. The molecule has 1 N–H and O–H groups in total. The van der Waals surface area contributed by atoms with Crippen LogP contribution in [0.5, 0.6) is 0 Å². The Morgan fingerprint density at radius 2 is 1.40 bits per heavy atom. The molecule has 94 valence electrons. The van der Waals surface area contributed by atoms with Gasteiger partial charge in [-0.25, -0.2) is 0 Å². The molecule has 0 spiro atoms. The molecule has 6 heteroatoms. The Kier molecular flexibility index (Phi) is 12.8. The Morgan fingerprint density at radius 3 is 1.47 bits per heavy atom. The second kappa shape index (κ2) is 9.76. The maximum atomic E-state index is 11.7. The molecule has 0 aliphatic rings. The fourth-order valence-corrected chi connectivity index (χ4v) is 0.187. The molecule has 0 aromatic carbocycles. The van der Waals surface area contributed by atoms with Gasteiger partial charge in [-0.05, 0) is 27.9 Å². The summed E-state index contributed by atoms with van der Waals surface area (Å²) in [6.07, 6.45) is -4.51. The second-order valence-electron chi connectivity index (χ2n) is 2.72. The number of ether oxygens (including phenoxy) is 1. The molecule has 0 aromatic rings. The van der Waals surface area contributed by atoms with Gasteiger partial charge in [-0.1, -0.05) is 13.8 Å². The lowest BCUT2D eigenvalue weighted by atomic mass is 10.1. The van der Waals surface area contributed by atoms with Crippen molar-refractivity contribution < 1.29 is 22.7 Å². The largest absolute Gasteiger partial charge is 0.452 e. The predicted octanol–water partition coefficient (Wildman–Crippen LogP) is 2.36. The summed E-state index contributed by atoms with van der Waals surface area (Å²) < 4.78 is 39.0. The van der Waals surface area contributed by atoms with E-state index in [1.165, 1.54) is 0 Å². The maximum Gasteiger partial charge on any atom is 0.427 e. The molecule has 0 aliphatic heterocycles. The third-order valence-corrected chi connectivity index (χ3v) is 1.03. The molecule has 0 unspecified atom stereocenters. The molecule has 0 bridgehead atoms. The van der Waals surface area contributed by atoms with Crippen LogP contribution >= 0.6 is 0 Å². The van der Waals surface area contributed by atoms with E-state index < -0.39 is 11.8 Å². The average molecular weight is 231 g/mol. The number of alkyl halides is 3. The monoisotopic (exact) mass is 231 g/mol. The van der Waals surface area contributed by atoms with Gasteiger partial charge in [0.1, 0.15) is 0 Å². The molecule has 0 aliphatic carbocycles. The first-order valence-corrected chi connectivity index (χ1v) is 4.49. The van der Waals surface area contributed by atoms with Crippen LogP contribution in [0.3, 0.4) is 0 Å². The fraction of sp³-hybridized carbons (Fsp3) is 0.889. The van der Waals surface area contributed by atoms with Gasteiger partial charge < -0.3 is 10.1 Å². The zero-order valence-electron chi connectivity index (χ0n) is 10.0. The standard InChI is InChI=1S/C5H7F3O2.C2H7N.C2H6/c1-4(2,10-3-9)5(6,7)8;1-3-2;1-2/h3H,1-2H3;3H,1-2H3;1-2H3. The number of hydrogen-bond donors (Lipinski definition) is 1. The van der Waals surface area contributed by atoms with E-state index >= 15 is 0 Å². The van der Waals surface area contributed by atoms with Gasteiger partial charge in [-0.3, -0.25) is 4.79 Å². The smallest absolute Gasteiger partial charge is 0.427 e. The highest BCUT2D eigenvalue weighted by atomic mass is 19.4. The van der Waals surface area contributed by atoms with Gasteiger partial charge in [-0.2, -0.15) is 13.2 Å². The summed E-state index contributed by atoms with van der Waals surface area (Å²) in [6, 6.07) is 0. The molecule has 0 fully saturated rings. The van der Waals surface area contributed by atoms with Crippen molar-refractivity contribution in [1.29, 1.82) is 0 Å². The highest BCUT2D eigenvalue weighted by Gasteiger charge is 2.49. The number of carbonyl (C=O) groups is 1. The Bertz CT molecular complexity index is 147. The minimum absolute atomic E-state index is 0.215. The molecule has 0 saturated carbocycles. The minimum Gasteiger partial charge on any atom is -0.452 e. The number of hydrogen-bond acceptors (Lipinski definition) is 3. The lowest BCUT2D eigenvalue weighted by molar-refractivity contribution is -0.251. The van der Waals surface area contributed by atoms with E-state index in [0.29, 0.717) is 0 Å². The van der Waals surface area contributed by atoms with Gasteiger partial charge in [-0.15, -0.1) is 0 Å². The van der Waals surface area contributed by atoms with Gasteiger partial charge in [0.25, 0.3) is 6.47 Å². The molecule has 15 heavy (non-hydrogen) atoms. The molecular formula is C9H20F3NO2. The maximum absolute atomic E-state index is 11.7. The van der Waals surface area contributed by atoms with Crippen molar-refractivity contribution >= 4 is 6.47 Å². The van der Waals surface area contributed by atoms with Crippen LogP contribution in [0.15, 0.2) is 0 Å². The van der Waals surface area contributed by atoms with Crippen molar-refractivity contribution in [3.63, 3.8) is 0 Å². The summed E-state index contributed by atoms with van der Waals surface area (Å²) in [6.45, 7) is 5.34. The van der Waals surface area contributed by atoms with Crippen LogP contribution in [-0.4, -0.2) is 32.3 Å². The summed E-state index contributed by atoms with van der Waals surface area (Å²) >= 11 is 0. The van der Waals surface area contributed by atoms with Crippen LogP contribution < -0.4 is 5.32 Å². The number of nitrogens with one attached hydrogen (secondary N) is 1. The quantitative estimate of drug-likeness (QED) is 0.741. The number of rotatable bonds is 2. The molecule has 0 amide bonds. The molecule has 0 rings (SSSR count). The zero-order chi connectivity index (χ0) is 13.1. The van der Waals surface area contributed by atoms with Crippen LogP contribution in [0.2, 0.25) is 0 Å². The van der Waals surface area contributed by atoms with E-state index in [1.54, 1.807) is 0 Å². The van der Waals surface area contributed by atoms with Crippen molar-refractivity contribution in [3.8, 4) is 0 Å². The second-order valence-corrected chi connectivity index (χ2v) is 2.72. The van der Waals surface area contributed by atoms with Crippen LogP contribution in [-0.2, 0) is 9.53 Å². The van der Waals surface area contributed by atoms with Crippen molar-refractivity contribution in [2.45, 2.75) is 39.5 Å². The van der Waals surface area contributed by atoms with Crippen LogP contribution in [0, 0.1) is 0 Å². The van der Waals surface area contributed by atoms with E-state index in [2.05, 4.69) is 10.1 Å². The number of halogens is 3. The van der Waals surface area contributed by atoms with Gasteiger partial charge in [0.2, 0.25) is 5.60 Å². The van der Waals surface area contributed by atoms with E-state index in [1.807, 2.05) is 27.9 Å². The predicted molar refractivity (Wildman–Crippen MR) is 53.6 cm³/mol. The van der Waals surface area contributed by atoms with Crippen LogP contribution in [0.1, 0.15) is 27.7 Å². The summed E-state index contributed by atoms with van der Waals surface area (Å²) in [5.74, 6) is 0. The summed E-state index contributed by atoms with van der Waals surface area (Å²) in [5, 5.41) is 2.75. The van der Waals surface area contributed by atoms with Gasteiger partial charge in [0.05, 0.1) is 0 Å². The number of carbonyl (C=O) groups excluding carboxylic acids is 1. The molecule has 3 nitrogen and oxygen atoms in total. The third-order valence-electron chi connectivity index (χ3n) is 1.03. The molecule has 0 radical (unpaired) electrons. The summed E-state index contributed by atoms with van der Waals surface area (Å²) in [7, 11) is 3.75. The van der Waals surface area contributed by atoms with E-state index in [0.717, 1.165) is 13.8 Å². The Hall–Kier alpha value is -0.780. The average Bonchev–Trinajstić information content (AvgIpc) is 2.07. The fourth-order valence-electron chi connectivity index (χ4n) is 0.187. The lowest BCUT2D eigenvalue weighted by Crippen LogP contribution is -2.41. The highest BCUT2D eigenvalue weighted by Crippen LogP contribution is 2.31. The molecule has 0 heterocycles. The molecule has 0 atom stereocenters. The van der Waals surface area contributed by atoms with E-state index in [4.69, 9.17) is 0 Å². The summed E-state index contributed by atoms with van der Waals surface area (Å²) in [5.41, 5.74) is -2.38. The van der Waals surface area contributed by atoms with Crippen molar-refractivity contribution in [3.05, 3.63) is 0 Å². The van der Waals surface area contributed by atoms with Gasteiger partial charge in [0, 0.05) is 0 Å². The van der Waals surface area contributed by atoms with Gasteiger partial charge >= 0.3 is 6.18 Å². The van der Waals surface area contributed by atoms with Crippen molar-refractivity contribution in [2.24, 2.45) is 0 Å². The third kappa shape index (κ3) is 11.1. The first kappa shape index (κ1) is 19.7. The topological polar surface area (TPSA) is 38.3 Å². The molecule has 0 saturated heterocycles. The summed E-state index contributed by atoms with van der Waals surface area (Å²) in [4.78, 5) is 9.54. The van der Waals surface area contributed by atoms with Crippen molar-refractivity contribution in [2.75, 3.05) is 14.1 Å². The first-order chi connectivity index (χ1) is 6.72. The Labute approximate surface area is 89.0 Å². The van der Waals surface area contributed by atoms with Crippen LogP contribution in [0.4, 0.5) is 13.2 Å². The normalized spacial score (nSPS) is 10.2. The van der Waals surface area contributed by atoms with Crippen molar-refractivity contribution in [1.82, 2.24) is 5.32 Å². The molecular weight excluding hydrogens is 211 g/mol.